The molecule has 1 N–H and O–H groups in total. The number of ether oxygens (including phenoxy) is 1. The Morgan fingerprint density at radius 2 is 2.00 bits per heavy atom. The number of aliphatic hydroxyl groups excluding tert-OH is 1. The van der Waals surface area contributed by atoms with Crippen LogP contribution in [0.25, 0.3) is 0 Å². The summed E-state index contributed by atoms with van der Waals surface area (Å²) in [5.74, 6) is 0.274. The van der Waals surface area contributed by atoms with Crippen molar-refractivity contribution < 1.29 is 14.3 Å². The van der Waals surface area contributed by atoms with E-state index >= 15 is 0 Å². The van der Waals surface area contributed by atoms with Crippen LogP contribution in [-0.2, 0) is 9.16 Å². The number of aliphatic hydroxyl groups is 1. The van der Waals surface area contributed by atoms with Gasteiger partial charge in [-0.25, -0.2) is 0 Å². The van der Waals surface area contributed by atoms with Crippen LogP contribution in [0.5, 0.6) is 0 Å². The third kappa shape index (κ3) is 10.0. The standard InChI is InChI=1S/C13H29NO3Si/c1-4-14(5-2)8-7-13(11-15)12-17-9-6-10-18-16-3/h13,15H,4-12H2,1-3H3. The van der Waals surface area contributed by atoms with Crippen molar-refractivity contribution in [1.29, 1.82) is 0 Å². The molecule has 0 aliphatic carbocycles. The summed E-state index contributed by atoms with van der Waals surface area (Å²) in [6.07, 6.45) is 2.05. The van der Waals surface area contributed by atoms with Crippen LogP contribution < -0.4 is 0 Å². The van der Waals surface area contributed by atoms with Crippen LogP contribution in [0, 0.1) is 5.92 Å². The largest absolute Gasteiger partial charge is 0.421 e. The monoisotopic (exact) mass is 275 g/mol. The van der Waals surface area contributed by atoms with Crippen LogP contribution in [0.15, 0.2) is 0 Å². The highest BCUT2D eigenvalue weighted by Gasteiger charge is 2.09. The second-order valence-electron chi connectivity index (χ2n) is 4.39. The van der Waals surface area contributed by atoms with Crippen LogP contribution in [0.2, 0.25) is 6.04 Å². The Morgan fingerprint density at radius 3 is 2.56 bits per heavy atom. The van der Waals surface area contributed by atoms with Crippen LogP contribution in [0.1, 0.15) is 26.7 Å². The molecule has 5 heteroatoms. The fraction of sp³-hybridized carbons (Fsp3) is 1.00. The molecular weight excluding hydrogens is 246 g/mol. The molecular formula is C13H29NO3Si. The first kappa shape index (κ1) is 18.1. The first-order chi connectivity index (χ1) is 8.78. The van der Waals surface area contributed by atoms with Gasteiger partial charge in [0.1, 0.15) is 0 Å². The SMILES string of the molecule is CCN(CC)CCC(CO)COCCC[Si]OC. The van der Waals surface area contributed by atoms with Crippen LogP contribution in [0.3, 0.4) is 0 Å². The van der Waals surface area contributed by atoms with Gasteiger partial charge in [-0.05, 0) is 38.5 Å². The highest BCUT2D eigenvalue weighted by Crippen LogP contribution is 2.05. The fourth-order valence-electron chi connectivity index (χ4n) is 1.73. The maximum atomic E-state index is 9.31. The molecule has 108 valence electrons. The second kappa shape index (κ2) is 13.5. The van der Waals surface area contributed by atoms with Crippen LogP contribution >= 0.6 is 0 Å². The normalized spacial score (nSPS) is 13.2. The average molecular weight is 275 g/mol. The van der Waals surface area contributed by atoms with E-state index in [1.165, 1.54) is 0 Å². The van der Waals surface area contributed by atoms with E-state index in [0.29, 0.717) is 16.4 Å². The summed E-state index contributed by atoms with van der Waals surface area (Å²) in [6, 6.07) is 1.07. The molecule has 0 saturated heterocycles. The molecule has 0 aromatic heterocycles. The van der Waals surface area contributed by atoms with Gasteiger partial charge in [-0.2, -0.15) is 0 Å². The van der Waals surface area contributed by atoms with Crippen LogP contribution in [-0.4, -0.2) is 66.3 Å². The topological polar surface area (TPSA) is 41.9 Å². The van der Waals surface area contributed by atoms with Crippen molar-refractivity contribution in [3.63, 3.8) is 0 Å². The van der Waals surface area contributed by atoms with Gasteiger partial charge in [0, 0.05) is 26.2 Å². The van der Waals surface area contributed by atoms with Crippen LogP contribution in [0.4, 0.5) is 0 Å². The summed E-state index contributed by atoms with van der Waals surface area (Å²) in [5, 5.41) is 9.31. The zero-order chi connectivity index (χ0) is 13.6. The minimum Gasteiger partial charge on any atom is -0.421 e. The zero-order valence-electron chi connectivity index (χ0n) is 12.2. The Kier molecular flexibility index (Phi) is 13.5. The van der Waals surface area contributed by atoms with Gasteiger partial charge in [-0.15, -0.1) is 0 Å². The minimum atomic E-state index is 0.223. The van der Waals surface area contributed by atoms with Crippen molar-refractivity contribution >= 4 is 9.76 Å². The third-order valence-corrected chi connectivity index (χ3v) is 3.92. The molecule has 18 heavy (non-hydrogen) atoms. The van der Waals surface area contributed by atoms with E-state index in [1.54, 1.807) is 7.11 Å². The third-order valence-electron chi connectivity index (χ3n) is 3.07. The summed E-state index contributed by atoms with van der Waals surface area (Å²) < 4.78 is 10.6. The van der Waals surface area contributed by atoms with Gasteiger partial charge >= 0.3 is 0 Å². The molecule has 0 saturated carbocycles. The van der Waals surface area contributed by atoms with E-state index in [2.05, 4.69) is 18.7 Å². The maximum Gasteiger partial charge on any atom is 0.229 e. The summed E-state index contributed by atoms with van der Waals surface area (Å²) in [6.45, 7) is 9.22. The Labute approximate surface area is 115 Å². The van der Waals surface area contributed by atoms with E-state index < -0.39 is 0 Å². The fourth-order valence-corrected chi connectivity index (χ4v) is 2.22. The van der Waals surface area contributed by atoms with Crippen molar-refractivity contribution in [2.75, 3.05) is 46.6 Å². The molecule has 1 unspecified atom stereocenters. The quantitative estimate of drug-likeness (QED) is 0.408. The number of hydrogen-bond acceptors (Lipinski definition) is 4. The summed E-state index contributed by atoms with van der Waals surface area (Å²) in [7, 11) is 2.31. The molecule has 0 aliphatic heterocycles. The van der Waals surface area contributed by atoms with E-state index in [-0.39, 0.29) is 12.5 Å². The molecule has 0 heterocycles. The van der Waals surface area contributed by atoms with Gasteiger partial charge in [-0.1, -0.05) is 13.8 Å². The molecule has 0 rings (SSSR count). The second-order valence-corrected chi connectivity index (χ2v) is 5.59. The average Bonchev–Trinajstić information content (AvgIpc) is 2.41. The molecule has 0 aromatic carbocycles. The Hall–Kier alpha value is 0.0569. The van der Waals surface area contributed by atoms with E-state index in [9.17, 15) is 5.11 Å². The van der Waals surface area contributed by atoms with E-state index in [1.807, 2.05) is 0 Å². The molecule has 4 nitrogen and oxygen atoms in total. The smallest absolute Gasteiger partial charge is 0.229 e. The summed E-state index contributed by atoms with van der Waals surface area (Å²) >= 11 is 0. The first-order valence-corrected chi connectivity index (χ1v) is 8.06. The molecule has 1 atom stereocenters. The molecule has 2 radical (unpaired) electrons. The van der Waals surface area contributed by atoms with Gasteiger partial charge in [0.05, 0.1) is 6.61 Å². The van der Waals surface area contributed by atoms with Gasteiger partial charge in [-0.3, -0.25) is 0 Å². The van der Waals surface area contributed by atoms with Crippen molar-refractivity contribution in [2.45, 2.75) is 32.7 Å². The lowest BCUT2D eigenvalue weighted by atomic mass is 10.1. The molecule has 0 spiro atoms. The number of nitrogens with zero attached hydrogens (tertiary/aromatic N) is 1. The van der Waals surface area contributed by atoms with Crippen molar-refractivity contribution in [3.8, 4) is 0 Å². The summed E-state index contributed by atoms with van der Waals surface area (Å²) in [5.41, 5.74) is 0. The first-order valence-electron chi connectivity index (χ1n) is 6.95. The van der Waals surface area contributed by atoms with Gasteiger partial charge in [0.2, 0.25) is 9.76 Å². The van der Waals surface area contributed by atoms with Gasteiger partial charge in [0.15, 0.2) is 0 Å². The highest BCUT2D eigenvalue weighted by molar-refractivity contribution is 6.26. The van der Waals surface area contributed by atoms with E-state index in [0.717, 1.165) is 45.1 Å². The zero-order valence-corrected chi connectivity index (χ0v) is 13.2. The Balaban J connectivity index is 3.51. The van der Waals surface area contributed by atoms with Gasteiger partial charge < -0.3 is 19.2 Å². The van der Waals surface area contributed by atoms with Crippen molar-refractivity contribution in [2.24, 2.45) is 5.92 Å². The number of hydrogen-bond donors (Lipinski definition) is 1. The highest BCUT2D eigenvalue weighted by atomic mass is 28.2. The van der Waals surface area contributed by atoms with Crippen molar-refractivity contribution in [1.82, 2.24) is 4.90 Å². The van der Waals surface area contributed by atoms with E-state index in [4.69, 9.17) is 9.16 Å². The molecule has 0 aliphatic rings. The maximum absolute atomic E-state index is 9.31. The predicted octanol–water partition coefficient (Wildman–Crippen LogP) is 1.42. The summed E-state index contributed by atoms with van der Waals surface area (Å²) in [4.78, 5) is 2.38. The molecule has 0 amide bonds. The number of rotatable bonds is 13. The Morgan fingerprint density at radius 1 is 1.28 bits per heavy atom. The lowest BCUT2D eigenvalue weighted by molar-refractivity contribution is 0.0648. The minimum absolute atomic E-state index is 0.223. The molecule has 0 aromatic rings. The van der Waals surface area contributed by atoms with Gasteiger partial charge in [0.25, 0.3) is 0 Å². The van der Waals surface area contributed by atoms with Crippen molar-refractivity contribution in [3.05, 3.63) is 0 Å². The lowest BCUT2D eigenvalue weighted by Gasteiger charge is -2.21. The predicted molar refractivity (Wildman–Crippen MR) is 76.0 cm³/mol. The molecule has 0 fully saturated rings. The Bertz CT molecular complexity index is 168. The molecule has 0 bridgehead atoms. The lowest BCUT2D eigenvalue weighted by Crippen LogP contribution is -2.27.